The van der Waals surface area contributed by atoms with Gasteiger partial charge in [-0.3, -0.25) is 9.59 Å². The summed E-state index contributed by atoms with van der Waals surface area (Å²) < 4.78 is 79.1. The number of carbonyl (C=O) groups is 2. The molecule has 2 aromatic carbocycles. The minimum Gasteiger partial charge on any atom is -0.392 e. The molecule has 1 aliphatic rings. The van der Waals surface area contributed by atoms with Crippen molar-refractivity contribution in [2.75, 3.05) is 16.8 Å². The molecule has 1 aliphatic heterocycles. The van der Waals surface area contributed by atoms with E-state index in [2.05, 4.69) is 5.32 Å². The Balaban J connectivity index is 1.99. The number of hydrogen-bond acceptors (Lipinski definition) is 3. The molecule has 5 nitrogen and oxygen atoms in total. The van der Waals surface area contributed by atoms with Gasteiger partial charge in [0.25, 0.3) is 0 Å². The SMILES string of the molecule is CC(C)C1(C(=O)Nc2cc(C(F)(F)F)cc(C(F)(F)F)c2)CC(=O)N(c2ccccc2CO)C1. The van der Waals surface area contributed by atoms with E-state index in [0.29, 0.717) is 23.4 Å². The van der Waals surface area contributed by atoms with Gasteiger partial charge in [0.05, 0.1) is 23.1 Å². The molecule has 184 valence electrons. The van der Waals surface area contributed by atoms with Gasteiger partial charge in [-0.25, -0.2) is 0 Å². The number of amides is 2. The Kier molecular flexibility index (Phi) is 6.71. The molecule has 1 heterocycles. The molecular formula is C23H22F6N2O3. The zero-order valence-corrected chi connectivity index (χ0v) is 18.2. The van der Waals surface area contributed by atoms with Crippen molar-refractivity contribution in [3.8, 4) is 0 Å². The number of alkyl halides is 6. The molecule has 11 heteroatoms. The number of halogens is 6. The predicted octanol–water partition coefficient (Wildman–Crippen LogP) is 5.23. The fourth-order valence-electron chi connectivity index (χ4n) is 4.00. The molecule has 0 aliphatic carbocycles. The minimum atomic E-state index is -5.06. The highest BCUT2D eigenvalue weighted by Gasteiger charge is 2.51. The molecule has 1 saturated heterocycles. The predicted molar refractivity (Wildman–Crippen MR) is 112 cm³/mol. The molecule has 0 radical (unpaired) electrons. The second kappa shape index (κ2) is 8.94. The van der Waals surface area contributed by atoms with Crippen molar-refractivity contribution in [1.29, 1.82) is 0 Å². The van der Waals surface area contributed by atoms with Crippen LogP contribution in [0.1, 0.15) is 37.0 Å². The number of nitrogens with one attached hydrogen (secondary N) is 1. The van der Waals surface area contributed by atoms with E-state index in [1.165, 1.54) is 4.90 Å². The first kappa shape index (κ1) is 25.5. The lowest BCUT2D eigenvalue weighted by molar-refractivity contribution is -0.143. The van der Waals surface area contributed by atoms with Gasteiger partial charge in [0, 0.05) is 29.9 Å². The Labute approximate surface area is 191 Å². The molecule has 2 N–H and O–H groups in total. The van der Waals surface area contributed by atoms with Crippen molar-refractivity contribution in [3.05, 3.63) is 59.2 Å². The number of hydrogen-bond donors (Lipinski definition) is 2. The highest BCUT2D eigenvalue weighted by Crippen LogP contribution is 2.43. The van der Waals surface area contributed by atoms with E-state index in [0.717, 1.165) is 0 Å². The number of benzene rings is 2. The molecule has 2 amide bonds. The zero-order valence-electron chi connectivity index (χ0n) is 18.2. The fourth-order valence-corrected chi connectivity index (χ4v) is 4.00. The van der Waals surface area contributed by atoms with Crippen LogP contribution in [-0.2, 0) is 28.5 Å². The van der Waals surface area contributed by atoms with Crippen LogP contribution < -0.4 is 10.2 Å². The van der Waals surface area contributed by atoms with E-state index in [9.17, 15) is 41.0 Å². The van der Waals surface area contributed by atoms with Crippen LogP contribution in [-0.4, -0.2) is 23.5 Å². The Morgan fingerprint density at radius 2 is 1.62 bits per heavy atom. The standard InChI is InChI=1S/C23H22F6N2O3/c1-13(2)21(10-19(33)31(12-21)18-6-4-3-5-14(18)11-32)20(34)30-17-8-15(22(24,25)26)7-16(9-17)23(27,28)29/h3-9,13,32H,10-12H2,1-2H3,(H,30,34). The van der Waals surface area contributed by atoms with Crippen LogP contribution in [0.25, 0.3) is 0 Å². The first-order valence-electron chi connectivity index (χ1n) is 10.3. The molecule has 0 bridgehead atoms. The maximum atomic E-state index is 13.3. The van der Waals surface area contributed by atoms with Crippen LogP contribution in [0.3, 0.4) is 0 Å². The van der Waals surface area contributed by atoms with Gasteiger partial charge in [0.1, 0.15) is 0 Å². The molecule has 34 heavy (non-hydrogen) atoms. The van der Waals surface area contributed by atoms with Crippen LogP contribution in [0, 0.1) is 11.3 Å². The molecule has 0 aromatic heterocycles. The summed E-state index contributed by atoms with van der Waals surface area (Å²) in [5.74, 6) is -1.81. The van der Waals surface area contributed by atoms with Gasteiger partial charge in [0.15, 0.2) is 0 Å². The van der Waals surface area contributed by atoms with Crippen molar-refractivity contribution in [3.63, 3.8) is 0 Å². The third-order valence-corrected chi connectivity index (χ3v) is 6.06. The lowest BCUT2D eigenvalue weighted by atomic mass is 9.75. The van der Waals surface area contributed by atoms with Crippen LogP contribution in [0.2, 0.25) is 0 Å². The summed E-state index contributed by atoms with van der Waals surface area (Å²) in [6.45, 7) is 2.76. The average Bonchev–Trinajstić information content (AvgIpc) is 3.11. The third kappa shape index (κ3) is 4.89. The summed E-state index contributed by atoms with van der Waals surface area (Å²) in [5.41, 5.74) is -4.40. The Morgan fingerprint density at radius 3 is 2.12 bits per heavy atom. The van der Waals surface area contributed by atoms with Crippen molar-refractivity contribution < 1.29 is 41.0 Å². The summed E-state index contributed by atoms with van der Waals surface area (Å²) in [6, 6.07) is 7.30. The van der Waals surface area contributed by atoms with Gasteiger partial charge in [0.2, 0.25) is 11.8 Å². The summed E-state index contributed by atoms with van der Waals surface area (Å²) in [5, 5.41) is 11.8. The smallest absolute Gasteiger partial charge is 0.392 e. The lowest BCUT2D eigenvalue weighted by Crippen LogP contribution is -2.43. The first-order valence-corrected chi connectivity index (χ1v) is 10.3. The average molecular weight is 488 g/mol. The topological polar surface area (TPSA) is 69.6 Å². The van der Waals surface area contributed by atoms with Gasteiger partial charge in [-0.05, 0) is 30.2 Å². The molecule has 0 spiro atoms. The monoisotopic (exact) mass is 488 g/mol. The van der Waals surface area contributed by atoms with Crippen molar-refractivity contribution in [1.82, 2.24) is 0 Å². The Bertz CT molecular complexity index is 1060. The highest BCUT2D eigenvalue weighted by atomic mass is 19.4. The summed E-state index contributed by atoms with van der Waals surface area (Å²) in [6.07, 6.45) is -10.4. The molecule has 1 unspecified atom stereocenters. The number of nitrogens with zero attached hydrogens (tertiary/aromatic N) is 1. The van der Waals surface area contributed by atoms with Crippen molar-refractivity contribution in [2.45, 2.75) is 39.2 Å². The van der Waals surface area contributed by atoms with Crippen molar-refractivity contribution >= 4 is 23.2 Å². The van der Waals surface area contributed by atoms with E-state index in [1.807, 2.05) is 0 Å². The molecule has 2 aromatic rings. The zero-order chi connectivity index (χ0) is 25.5. The highest BCUT2D eigenvalue weighted by molar-refractivity contribution is 6.06. The largest absolute Gasteiger partial charge is 0.416 e. The number of aliphatic hydroxyl groups excluding tert-OH is 1. The number of anilines is 2. The summed E-state index contributed by atoms with van der Waals surface area (Å²) in [7, 11) is 0. The van der Waals surface area contributed by atoms with Crippen molar-refractivity contribution in [2.24, 2.45) is 11.3 Å². The first-order chi connectivity index (χ1) is 15.7. The van der Waals surface area contributed by atoms with Crippen LogP contribution in [0.15, 0.2) is 42.5 Å². The molecule has 1 fully saturated rings. The second-order valence-corrected chi connectivity index (χ2v) is 8.50. The van der Waals surface area contributed by atoms with Gasteiger partial charge >= 0.3 is 12.4 Å². The summed E-state index contributed by atoms with van der Waals surface area (Å²) in [4.78, 5) is 27.4. The normalized spacial score (nSPS) is 19.1. The van der Waals surface area contributed by atoms with E-state index >= 15 is 0 Å². The van der Waals surface area contributed by atoms with Crippen LogP contribution in [0.4, 0.5) is 37.7 Å². The molecule has 1 atom stereocenters. The molecular weight excluding hydrogens is 466 g/mol. The lowest BCUT2D eigenvalue weighted by Gasteiger charge is -2.32. The number of rotatable bonds is 5. The van der Waals surface area contributed by atoms with Gasteiger partial charge in [-0.2, -0.15) is 26.3 Å². The maximum absolute atomic E-state index is 13.3. The Hall–Kier alpha value is -3.08. The quantitative estimate of drug-likeness (QED) is 0.566. The Morgan fingerprint density at radius 1 is 1.06 bits per heavy atom. The fraction of sp³-hybridized carbons (Fsp3) is 0.391. The molecule has 0 saturated carbocycles. The van der Waals surface area contributed by atoms with Gasteiger partial charge < -0.3 is 15.3 Å². The number of aliphatic hydroxyl groups is 1. The van der Waals surface area contributed by atoms with Crippen LogP contribution >= 0.6 is 0 Å². The van der Waals surface area contributed by atoms with E-state index in [-0.39, 0.29) is 25.6 Å². The third-order valence-electron chi connectivity index (χ3n) is 6.06. The second-order valence-electron chi connectivity index (χ2n) is 8.50. The van der Waals surface area contributed by atoms with Gasteiger partial charge in [-0.1, -0.05) is 32.0 Å². The van der Waals surface area contributed by atoms with Gasteiger partial charge in [-0.15, -0.1) is 0 Å². The van der Waals surface area contributed by atoms with E-state index < -0.39 is 52.3 Å². The van der Waals surface area contributed by atoms with Crippen LogP contribution in [0.5, 0.6) is 0 Å². The summed E-state index contributed by atoms with van der Waals surface area (Å²) >= 11 is 0. The minimum absolute atomic E-state index is 0.0273. The van der Waals surface area contributed by atoms with E-state index in [1.54, 1.807) is 38.1 Å². The molecule has 3 rings (SSSR count). The maximum Gasteiger partial charge on any atom is 0.416 e. The number of para-hydroxylation sites is 1. The van der Waals surface area contributed by atoms with E-state index in [4.69, 9.17) is 0 Å². The number of carbonyl (C=O) groups excluding carboxylic acids is 2.